The zero-order valence-corrected chi connectivity index (χ0v) is 9.20. The van der Waals surface area contributed by atoms with Crippen molar-refractivity contribution in [2.45, 2.75) is 19.8 Å². The Labute approximate surface area is 90.8 Å². The summed E-state index contributed by atoms with van der Waals surface area (Å²) in [4.78, 5) is 0. The lowest BCUT2D eigenvalue weighted by Crippen LogP contribution is -2.02. The van der Waals surface area contributed by atoms with Gasteiger partial charge in [0, 0.05) is 5.92 Å². The lowest BCUT2D eigenvalue weighted by Gasteiger charge is -2.10. The second-order valence-corrected chi connectivity index (χ2v) is 3.90. The molecular formula is C14H16O. The van der Waals surface area contributed by atoms with Gasteiger partial charge in [-0.15, -0.1) is 0 Å². The summed E-state index contributed by atoms with van der Waals surface area (Å²) >= 11 is 0. The van der Waals surface area contributed by atoms with Gasteiger partial charge in [-0.25, -0.2) is 0 Å². The van der Waals surface area contributed by atoms with E-state index in [9.17, 15) is 5.11 Å². The van der Waals surface area contributed by atoms with E-state index in [2.05, 4.69) is 31.2 Å². The molecule has 1 aromatic rings. The summed E-state index contributed by atoms with van der Waals surface area (Å²) in [5, 5.41) is 9.46. The van der Waals surface area contributed by atoms with Crippen LogP contribution in [0.3, 0.4) is 0 Å². The normalized spacial score (nSPS) is 20.1. The van der Waals surface area contributed by atoms with Gasteiger partial charge >= 0.3 is 0 Å². The highest BCUT2D eigenvalue weighted by atomic mass is 16.3. The number of hydrogen-bond acceptors (Lipinski definition) is 1. The highest BCUT2D eigenvalue weighted by molar-refractivity contribution is 5.79. The molecule has 0 radical (unpaired) electrons. The number of allylic oxidation sites excluding steroid dienone is 3. The van der Waals surface area contributed by atoms with E-state index < -0.39 is 0 Å². The predicted molar refractivity (Wildman–Crippen MR) is 63.7 cm³/mol. The zero-order chi connectivity index (χ0) is 10.8. The quantitative estimate of drug-likeness (QED) is 0.777. The van der Waals surface area contributed by atoms with Crippen LogP contribution in [0.4, 0.5) is 0 Å². The van der Waals surface area contributed by atoms with Crippen molar-refractivity contribution in [3.05, 3.63) is 53.1 Å². The fourth-order valence-corrected chi connectivity index (χ4v) is 2.34. The lowest BCUT2D eigenvalue weighted by atomic mass is 9.96. The Morgan fingerprint density at radius 1 is 1.33 bits per heavy atom. The molecule has 1 atom stereocenters. The monoisotopic (exact) mass is 200 g/mol. The lowest BCUT2D eigenvalue weighted by molar-refractivity contribution is 0.281. The first kappa shape index (κ1) is 10.2. The Morgan fingerprint density at radius 3 is 2.73 bits per heavy atom. The van der Waals surface area contributed by atoms with Gasteiger partial charge in [-0.1, -0.05) is 36.4 Å². The van der Waals surface area contributed by atoms with E-state index in [1.165, 1.54) is 22.3 Å². The van der Waals surface area contributed by atoms with Crippen LogP contribution in [0.25, 0.3) is 5.57 Å². The average Bonchev–Trinajstić information content (AvgIpc) is 2.54. The van der Waals surface area contributed by atoms with Crippen molar-refractivity contribution in [3.63, 3.8) is 0 Å². The molecule has 0 amide bonds. The van der Waals surface area contributed by atoms with Gasteiger partial charge in [0.2, 0.25) is 0 Å². The molecule has 1 unspecified atom stereocenters. The van der Waals surface area contributed by atoms with E-state index in [1.54, 1.807) is 0 Å². The number of rotatable bonds is 2. The first-order valence-electron chi connectivity index (χ1n) is 5.33. The van der Waals surface area contributed by atoms with Gasteiger partial charge < -0.3 is 5.11 Å². The van der Waals surface area contributed by atoms with Crippen molar-refractivity contribution in [1.82, 2.24) is 0 Å². The molecule has 0 fully saturated rings. The smallest absolute Gasteiger partial charge is 0.0540 e. The second kappa shape index (κ2) is 4.03. The first-order valence-corrected chi connectivity index (χ1v) is 5.33. The summed E-state index contributed by atoms with van der Waals surface area (Å²) in [5.74, 6) is 0.164. The largest absolute Gasteiger partial charge is 0.395 e. The Bertz CT molecular complexity index is 427. The average molecular weight is 200 g/mol. The molecular weight excluding hydrogens is 184 g/mol. The first-order chi connectivity index (χ1) is 7.29. The third-order valence-electron chi connectivity index (χ3n) is 3.08. The summed E-state index contributed by atoms with van der Waals surface area (Å²) in [7, 11) is 0. The molecule has 1 nitrogen and oxygen atoms in total. The van der Waals surface area contributed by atoms with E-state index >= 15 is 0 Å². The molecule has 0 saturated heterocycles. The van der Waals surface area contributed by atoms with Crippen molar-refractivity contribution in [2.75, 3.05) is 6.61 Å². The molecule has 0 aromatic heterocycles. The Balaban J connectivity index is 2.56. The van der Waals surface area contributed by atoms with E-state index in [1.807, 2.05) is 19.1 Å². The van der Waals surface area contributed by atoms with Crippen LogP contribution in [0.15, 0.2) is 42.0 Å². The summed E-state index contributed by atoms with van der Waals surface area (Å²) in [5.41, 5.74) is 5.08. The van der Waals surface area contributed by atoms with Crippen LogP contribution in [0.1, 0.15) is 30.9 Å². The molecule has 1 heteroatoms. The number of fused-ring (bicyclic) bond motifs is 1. The van der Waals surface area contributed by atoms with Gasteiger partial charge in [-0.2, -0.15) is 0 Å². The van der Waals surface area contributed by atoms with Crippen LogP contribution in [0, 0.1) is 0 Å². The summed E-state index contributed by atoms with van der Waals surface area (Å²) in [6.07, 6.45) is 4.14. The van der Waals surface area contributed by atoms with E-state index in [0.717, 1.165) is 0 Å². The molecule has 2 rings (SSSR count). The van der Waals surface area contributed by atoms with E-state index in [0.29, 0.717) is 0 Å². The maximum Gasteiger partial charge on any atom is 0.0540 e. The zero-order valence-electron chi connectivity index (χ0n) is 9.20. The molecule has 1 N–H and O–H groups in total. The van der Waals surface area contributed by atoms with Crippen molar-refractivity contribution < 1.29 is 5.11 Å². The number of benzene rings is 1. The highest BCUT2D eigenvalue weighted by Crippen LogP contribution is 2.41. The van der Waals surface area contributed by atoms with Gasteiger partial charge in [0.1, 0.15) is 0 Å². The molecule has 0 aliphatic heterocycles. The third-order valence-corrected chi connectivity index (χ3v) is 3.08. The fourth-order valence-electron chi connectivity index (χ4n) is 2.34. The van der Waals surface area contributed by atoms with Crippen molar-refractivity contribution in [2.24, 2.45) is 0 Å². The van der Waals surface area contributed by atoms with Crippen LogP contribution < -0.4 is 0 Å². The Morgan fingerprint density at radius 2 is 2.07 bits per heavy atom. The molecule has 0 bridgehead atoms. The Kier molecular flexibility index (Phi) is 2.74. The van der Waals surface area contributed by atoms with Crippen LogP contribution in [0.2, 0.25) is 0 Å². The maximum atomic E-state index is 9.46. The SMILES string of the molecule is C/C=C\C1=C(C)c2ccccc2C1CO. The van der Waals surface area contributed by atoms with Gasteiger partial charge in [0.05, 0.1) is 6.61 Å². The summed E-state index contributed by atoms with van der Waals surface area (Å²) in [6.45, 7) is 4.33. The van der Waals surface area contributed by atoms with Gasteiger partial charge in [-0.3, -0.25) is 0 Å². The van der Waals surface area contributed by atoms with Crippen LogP contribution >= 0.6 is 0 Å². The minimum atomic E-state index is 0.164. The molecule has 1 aromatic carbocycles. The number of aliphatic hydroxyl groups is 1. The number of aliphatic hydroxyl groups excluding tert-OH is 1. The molecule has 1 aliphatic rings. The summed E-state index contributed by atoms with van der Waals surface area (Å²) < 4.78 is 0. The van der Waals surface area contributed by atoms with Gasteiger partial charge in [-0.05, 0) is 36.1 Å². The van der Waals surface area contributed by atoms with E-state index in [4.69, 9.17) is 0 Å². The number of hydrogen-bond donors (Lipinski definition) is 1. The van der Waals surface area contributed by atoms with Crippen LogP contribution in [-0.2, 0) is 0 Å². The van der Waals surface area contributed by atoms with Gasteiger partial charge in [0.25, 0.3) is 0 Å². The minimum Gasteiger partial charge on any atom is -0.395 e. The fraction of sp³-hybridized carbons (Fsp3) is 0.286. The molecule has 1 aliphatic carbocycles. The van der Waals surface area contributed by atoms with Gasteiger partial charge in [0.15, 0.2) is 0 Å². The second-order valence-electron chi connectivity index (χ2n) is 3.90. The molecule has 0 heterocycles. The predicted octanol–water partition coefficient (Wildman–Crippen LogP) is 3.13. The minimum absolute atomic E-state index is 0.164. The summed E-state index contributed by atoms with van der Waals surface area (Å²) in [6, 6.07) is 8.32. The standard InChI is InChI=1S/C14H16O/c1-3-6-11-10(2)12-7-4-5-8-13(12)14(11)9-15/h3-8,14-15H,9H2,1-2H3/b6-3-. The molecule has 78 valence electrons. The van der Waals surface area contributed by atoms with Crippen LogP contribution in [0.5, 0.6) is 0 Å². The third kappa shape index (κ3) is 1.53. The van der Waals surface area contributed by atoms with Crippen molar-refractivity contribution in [3.8, 4) is 0 Å². The maximum absolute atomic E-state index is 9.46. The van der Waals surface area contributed by atoms with E-state index in [-0.39, 0.29) is 12.5 Å². The molecule has 0 spiro atoms. The Hall–Kier alpha value is -1.34. The topological polar surface area (TPSA) is 20.2 Å². The highest BCUT2D eigenvalue weighted by Gasteiger charge is 2.26. The molecule has 15 heavy (non-hydrogen) atoms. The van der Waals surface area contributed by atoms with Crippen molar-refractivity contribution in [1.29, 1.82) is 0 Å². The van der Waals surface area contributed by atoms with Crippen LogP contribution in [-0.4, -0.2) is 11.7 Å². The molecule has 0 saturated carbocycles. The van der Waals surface area contributed by atoms with Crippen molar-refractivity contribution >= 4 is 5.57 Å².